The molecule has 1 aliphatic rings. The quantitative estimate of drug-likeness (QED) is 0.429. The van der Waals surface area contributed by atoms with Crippen molar-refractivity contribution in [2.24, 2.45) is 4.99 Å². The summed E-state index contributed by atoms with van der Waals surface area (Å²) in [5, 5.41) is 2.84. The monoisotopic (exact) mass is 503 g/mol. The van der Waals surface area contributed by atoms with Gasteiger partial charge in [-0.2, -0.15) is 0 Å². The van der Waals surface area contributed by atoms with Gasteiger partial charge in [0.2, 0.25) is 11.8 Å². The van der Waals surface area contributed by atoms with Crippen molar-refractivity contribution in [3.63, 3.8) is 0 Å². The number of hydrogen-bond donors (Lipinski definition) is 1. The number of anilines is 1. The Kier molecular flexibility index (Phi) is 8.62. The number of ether oxygens (including phenoxy) is 2. The summed E-state index contributed by atoms with van der Waals surface area (Å²) in [4.78, 5) is 32.8. The topological polar surface area (TPSA) is 80.2 Å². The predicted octanol–water partition coefficient (Wildman–Crippen LogP) is 5.30. The van der Waals surface area contributed by atoms with Crippen LogP contribution in [0.1, 0.15) is 18.4 Å². The van der Waals surface area contributed by atoms with Gasteiger partial charge in [0, 0.05) is 24.7 Å². The van der Waals surface area contributed by atoms with E-state index in [1.165, 1.54) is 17.3 Å². The van der Waals surface area contributed by atoms with Crippen molar-refractivity contribution in [1.82, 2.24) is 4.90 Å². The molecule has 0 aliphatic carbocycles. The fraction of sp³-hybridized carbons (Fsp3) is 0.250. The second-order valence-electron chi connectivity index (χ2n) is 8.26. The Morgan fingerprint density at radius 2 is 1.75 bits per heavy atom. The Bertz CT molecular complexity index is 1210. The van der Waals surface area contributed by atoms with Crippen LogP contribution in [0.2, 0.25) is 0 Å². The van der Waals surface area contributed by atoms with Gasteiger partial charge in [-0.3, -0.25) is 14.5 Å². The maximum Gasteiger partial charge on any atom is 0.238 e. The Morgan fingerprint density at radius 3 is 2.47 bits per heavy atom. The van der Waals surface area contributed by atoms with Crippen LogP contribution < -0.4 is 14.8 Å². The summed E-state index contributed by atoms with van der Waals surface area (Å²) in [5.41, 5.74) is 2.53. The van der Waals surface area contributed by atoms with Crippen LogP contribution in [0, 0.1) is 0 Å². The van der Waals surface area contributed by atoms with Crippen LogP contribution >= 0.6 is 11.8 Å². The standard InChI is InChI=1S/C28H29N3O4S/c1-34-23-15-13-21(14-16-23)30-28-31(17-7-10-20-8-4-3-5-9-20)26(32)19-25(36-28)27(33)29-22-11-6-12-24(18-22)35-2/h3-6,8-9,11-16,18,25H,7,10,17,19H2,1-2H3,(H,29,33). The first kappa shape index (κ1) is 25.3. The third kappa shape index (κ3) is 6.66. The molecule has 1 N–H and O–H groups in total. The molecule has 0 bridgehead atoms. The summed E-state index contributed by atoms with van der Waals surface area (Å²) in [6.07, 6.45) is 1.75. The molecule has 0 radical (unpaired) electrons. The number of benzene rings is 3. The molecule has 1 fully saturated rings. The molecule has 1 heterocycles. The molecule has 7 nitrogen and oxygen atoms in total. The number of carbonyl (C=O) groups excluding carboxylic acids is 2. The van der Waals surface area contributed by atoms with Crippen molar-refractivity contribution >= 4 is 40.1 Å². The lowest BCUT2D eigenvalue weighted by Crippen LogP contribution is -2.45. The van der Waals surface area contributed by atoms with Crippen LogP contribution in [-0.2, 0) is 16.0 Å². The Morgan fingerprint density at radius 1 is 1.00 bits per heavy atom. The number of aryl methyl sites for hydroxylation is 1. The summed E-state index contributed by atoms with van der Waals surface area (Å²) in [6, 6.07) is 24.6. The van der Waals surface area contributed by atoms with Gasteiger partial charge in [-0.05, 0) is 54.8 Å². The summed E-state index contributed by atoms with van der Waals surface area (Å²) in [7, 11) is 3.18. The number of thioether (sulfide) groups is 1. The number of amidine groups is 1. The van der Waals surface area contributed by atoms with Crippen LogP contribution in [0.4, 0.5) is 11.4 Å². The molecule has 4 rings (SSSR count). The Hall–Kier alpha value is -3.78. The molecule has 3 aromatic rings. The predicted molar refractivity (Wildman–Crippen MR) is 144 cm³/mol. The second-order valence-corrected chi connectivity index (χ2v) is 9.43. The highest BCUT2D eigenvalue weighted by Gasteiger charge is 2.35. The maximum atomic E-state index is 13.2. The lowest BCUT2D eigenvalue weighted by atomic mass is 10.1. The van der Waals surface area contributed by atoms with Crippen molar-refractivity contribution in [3.05, 3.63) is 84.4 Å². The number of hydrogen-bond acceptors (Lipinski definition) is 6. The summed E-state index contributed by atoms with van der Waals surface area (Å²) >= 11 is 1.31. The average molecular weight is 504 g/mol. The number of nitrogens with zero attached hydrogens (tertiary/aromatic N) is 2. The zero-order valence-electron chi connectivity index (χ0n) is 20.3. The van der Waals surface area contributed by atoms with Gasteiger partial charge in [0.05, 0.1) is 19.9 Å². The highest BCUT2D eigenvalue weighted by molar-refractivity contribution is 8.15. The average Bonchev–Trinajstić information content (AvgIpc) is 2.91. The third-order valence-corrected chi connectivity index (χ3v) is 6.94. The van der Waals surface area contributed by atoms with E-state index in [0.29, 0.717) is 28.8 Å². The van der Waals surface area contributed by atoms with E-state index in [1.54, 1.807) is 37.3 Å². The molecule has 36 heavy (non-hydrogen) atoms. The van der Waals surface area contributed by atoms with Crippen molar-refractivity contribution in [2.45, 2.75) is 24.5 Å². The summed E-state index contributed by atoms with van der Waals surface area (Å²) in [5.74, 6) is 1.01. The normalized spacial score (nSPS) is 16.6. The van der Waals surface area contributed by atoms with Gasteiger partial charge in [0.1, 0.15) is 16.7 Å². The van der Waals surface area contributed by atoms with Gasteiger partial charge in [0.15, 0.2) is 5.17 Å². The van der Waals surface area contributed by atoms with E-state index in [9.17, 15) is 9.59 Å². The Balaban J connectivity index is 1.51. The van der Waals surface area contributed by atoms with E-state index in [2.05, 4.69) is 17.4 Å². The first-order valence-corrected chi connectivity index (χ1v) is 12.6. The van der Waals surface area contributed by atoms with Crippen molar-refractivity contribution in [1.29, 1.82) is 0 Å². The van der Waals surface area contributed by atoms with Crippen LogP contribution in [0.5, 0.6) is 11.5 Å². The number of nitrogens with one attached hydrogen (secondary N) is 1. The van der Waals surface area contributed by atoms with Gasteiger partial charge in [-0.1, -0.05) is 48.2 Å². The molecule has 186 valence electrons. The zero-order valence-corrected chi connectivity index (χ0v) is 21.2. The number of methoxy groups -OCH3 is 2. The SMILES string of the molecule is COc1ccc(N=C2SC(C(=O)Nc3cccc(OC)c3)CC(=O)N2CCCc2ccccc2)cc1. The molecule has 1 saturated heterocycles. The van der Waals surface area contributed by atoms with E-state index in [1.807, 2.05) is 48.5 Å². The molecule has 2 amide bonds. The maximum absolute atomic E-state index is 13.2. The number of carbonyl (C=O) groups is 2. The lowest BCUT2D eigenvalue weighted by molar-refractivity contribution is -0.129. The fourth-order valence-electron chi connectivity index (χ4n) is 3.84. The molecule has 3 aromatic carbocycles. The van der Waals surface area contributed by atoms with E-state index < -0.39 is 5.25 Å². The third-order valence-electron chi connectivity index (χ3n) is 5.76. The van der Waals surface area contributed by atoms with Gasteiger partial charge >= 0.3 is 0 Å². The molecule has 1 unspecified atom stereocenters. The van der Waals surface area contributed by atoms with E-state index in [0.717, 1.165) is 18.6 Å². The van der Waals surface area contributed by atoms with E-state index in [-0.39, 0.29) is 18.2 Å². The molecule has 0 spiro atoms. The highest BCUT2D eigenvalue weighted by atomic mass is 32.2. The molecular weight excluding hydrogens is 474 g/mol. The van der Waals surface area contributed by atoms with Gasteiger partial charge in [-0.15, -0.1) is 0 Å². The summed E-state index contributed by atoms with van der Waals surface area (Å²) < 4.78 is 10.5. The largest absolute Gasteiger partial charge is 0.497 e. The fourth-order valence-corrected chi connectivity index (χ4v) is 4.96. The number of aliphatic imine (C=N–C) groups is 1. The Labute approximate surface area is 215 Å². The van der Waals surface area contributed by atoms with Crippen LogP contribution in [0.25, 0.3) is 0 Å². The van der Waals surface area contributed by atoms with Gasteiger partial charge in [-0.25, -0.2) is 4.99 Å². The molecule has 0 aromatic heterocycles. The molecule has 1 aliphatic heterocycles. The van der Waals surface area contributed by atoms with Crippen LogP contribution in [-0.4, -0.2) is 47.9 Å². The second kappa shape index (κ2) is 12.3. The molecule has 1 atom stereocenters. The first-order valence-electron chi connectivity index (χ1n) is 11.7. The lowest BCUT2D eigenvalue weighted by Gasteiger charge is -2.32. The summed E-state index contributed by atoms with van der Waals surface area (Å²) in [6.45, 7) is 0.528. The van der Waals surface area contributed by atoms with E-state index in [4.69, 9.17) is 14.5 Å². The smallest absolute Gasteiger partial charge is 0.238 e. The molecular formula is C28H29N3O4S. The molecule has 0 saturated carbocycles. The zero-order chi connectivity index (χ0) is 25.3. The molecule has 8 heteroatoms. The number of amides is 2. The van der Waals surface area contributed by atoms with Gasteiger partial charge < -0.3 is 14.8 Å². The first-order chi connectivity index (χ1) is 17.6. The van der Waals surface area contributed by atoms with Crippen molar-refractivity contribution in [2.75, 3.05) is 26.1 Å². The minimum atomic E-state index is -0.592. The minimum Gasteiger partial charge on any atom is -0.497 e. The highest BCUT2D eigenvalue weighted by Crippen LogP contribution is 2.31. The van der Waals surface area contributed by atoms with Crippen LogP contribution in [0.3, 0.4) is 0 Å². The number of rotatable bonds is 9. The minimum absolute atomic E-state index is 0.105. The van der Waals surface area contributed by atoms with Crippen molar-refractivity contribution < 1.29 is 19.1 Å². The van der Waals surface area contributed by atoms with Crippen molar-refractivity contribution in [3.8, 4) is 11.5 Å². The van der Waals surface area contributed by atoms with Crippen LogP contribution in [0.15, 0.2) is 83.9 Å². The van der Waals surface area contributed by atoms with E-state index >= 15 is 0 Å². The van der Waals surface area contributed by atoms with Gasteiger partial charge in [0.25, 0.3) is 0 Å².